The first-order valence-electron chi connectivity index (χ1n) is 16.4. The van der Waals surface area contributed by atoms with Crippen LogP contribution in [-0.4, -0.2) is 35.7 Å². The van der Waals surface area contributed by atoms with Gasteiger partial charge in [-0.2, -0.15) is 0 Å². The molecule has 0 heterocycles. The topological polar surface area (TPSA) is 117 Å². The van der Waals surface area contributed by atoms with Crippen LogP contribution in [0.15, 0.2) is 72.8 Å². The summed E-state index contributed by atoms with van der Waals surface area (Å²) in [7, 11) is 0. The highest BCUT2D eigenvalue weighted by Crippen LogP contribution is 2.33. The van der Waals surface area contributed by atoms with Gasteiger partial charge in [0.05, 0.1) is 10.0 Å². The minimum Gasteiger partial charge on any atom is -0.487 e. The van der Waals surface area contributed by atoms with Crippen molar-refractivity contribution in [3.05, 3.63) is 116 Å². The molecule has 4 aromatic rings. The van der Waals surface area contributed by atoms with Gasteiger partial charge >= 0.3 is 5.97 Å². The SMILES string of the molecule is CCCCNCc1ccc(OCc2cccc(-c3cccc(COc4ccc(CNCCCC(=O)O)cc4Cl)c3C)c2C)c(Cl)c1.O=CO. The fourth-order valence-electron chi connectivity index (χ4n) is 5.25. The summed E-state index contributed by atoms with van der Waals surface area (Å²) in [5.41, 5.74) is 8.94. The van der Waals surface area contributed by atoms with E-state index in [2.05, 4.69) is 73.9 Å². The monoisotopic (exact) mass is 708 g/mol. The minimum atomic E-state index is -0.783. The van der Waals surface area contributed by atoms with Gasteiger partial charge in [-0.05, 0) is 109 Å². The van der Waals surface area contributed by atoms with E-state index >= 15 is 0 Å². The van der Waals surface area contributed by atoms with Crippen molar-refractivity contribution in [3.63, 3.8) is 0 Å². The summed E-state index contributed by atoms with van der Waals surface area (Å²) >= 11 is 13.1. The van der Waals surface area contributed by atoms with Crippen LogP contribution in [0.4, 0.5) is 0 Å². The number of nitrogens with one attached hydrogen (secondary N) is 2. The van der Waals surface area contributed by atoms with Gasteiger partial charge in [0.25, 0.3) is 6.47 Å². The van der Waals surface area contributed by atoms with E-state index in [1.165, 1.54) is 6.42 Å². The molecule has 0 fully saturated rings. The number of carboxylic acid groups (broad SMARTS) is 2. The Kier molecular flexibility index (Phi) is 17.0. The molecule has 4 aromatic carbocycles. The normalized spacial score (nSPS) is 10.6. The van der Waals surface area contributed by atoms with Crippen molar-refractivity contribution in [2.75, 3.05) is 13.1 Å². The highest BCUT2D eigenvalue weighted by atomic mass is 35.5. The van der Waals surface area contributed by atoms with Gasteiger partial charge in [-0.1, -0.05) is 85.1 Å². The summed E-state index contributed by atoms with van der Waals surface area (Å²) in [6.07, 6.45) is 3.07. The zero-order chi connectivity index (χ0) is 35.6. The van der Waals surface area contributed by atoms with Crippen LogP contribution >= 0.6 is 23.2 Å². The molecule has 0 atom stereocenters. The molecule has 0 unspecified atom stereocenters. The van der Waals surface area contributed by atoms with Gasteiger partial charge in [0, 0.05) is 19.5 Å². The van der Waals surface area contributed by atoms with Crippen LogP contribution in [0.1, 0.15) is 66.0 Å². The second-order valence-corrected chi connectivity index (χ2v) is 12.4. The lowest BCUT2D eigenvalue weighted by Gasteiger charge is -2.17. The lowest BCUT2D eigenvalue weighted by atomic mass is 9.92. The summed E-state index contributed by atoms with van der Waals surface area (Å²) in [6.45, 7) is 10.0. The molecule has 0 aromatic heterocycles. The third kappa shape index (κ3) is 12.7. The Bertz CT molecular complexity index is 1660. The predicted molar refractivity (Wildman–Crippen MR) is 197 cm³/mol. The van der Waals surface area contributed by atoms with Crippen LogP contribution < -0.4 is 20.1 Å². The molecule has 0 spiro atoms. The molecule has 10 heteroatoms. The molecule has 262 valence electrons. The molecule has 4 rings (SSSR count). The number of aliphatic carboxylic acids is 1. The Morgan fingerprint density at radius 3 is 1.61 bits per heavy atom. The molecule has 49 heavy (non-hydrogen) atoms. The van der Waals surface area contributed by atoms with Crippen molar-refractivity contribution in [2.45, 2.75) is 72.8 Å². The summed E-state index contributed by atoms with van der Waals surface area (Å²) in [6, 6.07) is 24.3. The Hall–Kier alpha value is -4.08. The van der Waals surface area contributed by atoms with E-state index in [4.69, 9.17) is 47.7 Å². The fourth-order valence-corrected chi connectivity index (χ4v) is 5.76. The molecular formula is C39H46Cl2N2O6. The average Bonchev–Trinajstić information content (AvgIpc) is 3.07. The summed E-state index contributed by atoms with van der Waals surface area (Å²) < 4.78 is 12.3. The lowest BCUT2D eigenvalue weighted by molar-refractivity contribution is -0.137. The predicted octanol–water partition coefficient (Wildman–Crippen LogP) is 8.98. The van der Waals surface area contributed by atoms with E-state index in [-0.39, 0.29) is 12.9 Å². The van der Waals surface area contributed by atoms with Crippen LogP contribution in [-0.2, 0) is 35.9 Å². The van der Waals surface area contributed by atoms with Crippen molar-refractivity contribution in [1.29, 1.82) is 0 Å². The van der Waals surface area contributed by atoms with Crippen molar-refractivity contribution in [3.8, 4) is 22.6 Å². The van der Waals surface area contributed by atoms with Gasteiger partial charge < -0.3 is 30.3 Å². The second-order valence-electron chi connectivity index (χ2n) is 11.6. The highest BCUT2D eigenvalue weighted by Gasteiger charge is 2.13. The van der Waals surface area contributed by atoms with E-state index < -0.39 is 5.97 Å². The number of halogens is 2. The summed E-state index contributed by atoms with van der Waals surface area (Å²) in [4.78, 5) is 19.0. The van der Waals surface area contributed by atoms with Gasteiger partial charge in [0.15, 0.2) is 0 Å². The summed E-state index contributed by atoms with van der Waals surface area (Å²) in [5.74, 6) is 0.517. The van der Waals surface area contributed by atoms with Crippen LogP contribution in [0, 0.1) is 13.8 Å². The first kappa shape index (κ1) is 39.4. The van der Waals surface area contributed by atoms with Crippen molar-refractivity contribution < 1.29 is 29.3 Å². The maximum atomic E-state index is 10.7. The number of hydrogen-bond donors (Lipinski definition) is 4. The Morgan fingerprint density at radius 2 is 1.20 bits per heavy atom. The van der Waals surface area contributed by atoms with Gasteiger partial charge in [0.1, 0.15) is 24.7 Å². The van der Waals surface area contributed by atoms with E-state index in [0.29, 0.717) is 54.3 Å². The molecule has 0 radical (unpaired) electrons. The lowest BCUT2D eigenvalue weighted by Crippen LogP contribution is -2.15. The van der Waals surface area contributed by atoms with E-state index in [0.717, 1.165) is 64.0 Å². The minimum absolute atomic E-state index is 0.155. The number of unbranched alkanes of at least 4 members (excludes halogenated alkanes) is 1. The molecule has 4 N–H and O–H groups in total. The Morgan fingerprint density at radius 1 is 0.755 bits per heavy atom. The van der Waals surface area contributed by atoms with Crippen LogP contribution in [0.5, 0.6) is 11.5 Å². The van der Waals surface area contributed by atoms with E-state index in [1.54, 1.807) is 0 Å². The number of carbonyl (C=O) groups is 2. The average molecular weight is 710 g/mol. The van der Waals surface area contributed by atoms with Gasteiger partial charge in [-0.15, -0.1) is 0 Å². The van der Waals surface area contributed by atoms with Crippen LogP contribution in [0.3, 0.4) is 0 Å². The molecule has 0 saturated carbocycles. The third-order valence-electron chi connectivity index (χ3n) is 8.05. The Labute approximate surface area is 299 Å². The maximum absolute atomic E-state index is 10.7. The molecule has 0 bridgehead atoms. The van der Waals surface area contributed by atoms with Crippen LogP contribution in [0.2, 0.25) is 10.0 Å². The molecule has 0 saturated heterocycles. The first-order valence-corrected chi connectivity index (χ1v) is 17.1. The number of rotatable bonds is 18. The zero-order valence-corrected chi connectivity index (χ0v) is 29.9. The molecular weight excluding hydrogens is 663 g/mol. The third-order valence-corrected chi connectivity index (χ3v) is 8.64. The molecule has 0 amide bonds. The smallest absolute Gasteiger partial charge is 0.303 e. The number of hydrogen-bond acceptors (Lipinski definition) is 6. The molecule has 0 aliphatic rings. The number of benzene rings is 4. The summed E-state index contributed by atoms with van der Waals surface area (Å²) in [5, 5.41) is 23.5. The van der Waals surface area contributed by atoms with Gasteiger partial charge in [-0.3, -0.25) is 9.59 Å². The van der Waals surface area contributed by atoms with Crippen molar-refractivity contribution >= 4 is 35.6 Å². The largest absolute Gasteiger partial charge is 0.487 e. The standard InChI is InChI=1S/C38H44Cl2N2O4.CH2O2/c1-4-5-18-41-22-28-14-16-36(34(39)20-28)45-24-30-9-6-11-32(26(30)2)33-12-7-10-31(27(33)3)25-46-37-17-15-29(21-35(37)40)23-42-19-8-13-38(43)44;2-1-3/h6-7,9-12,14-17,20-21,41-42H,4-5,8,13,18-19,22-25H2,1-3H3,(H,43,44);1H,(H,2,3). The van der Waals surface area contributed by atoms with Crippen molar-refractivity contribution in [1.82, 2.24) is 10.6 Å². The van der Waals surface area contributed by atoms with E-state index in [9.17, 15) is 4.79 Å². The molecule has 0 aliphatic heterocycles. The van der Waals surface area contributed by atoms with E-state index in [1.807, 2.05) is 30.3 Å². The van der Waals surface area contributed by atoms with Gasteiger partial charge in [0.2, 0.25) is 0 Å². The first-order chi connectivity index (χ1) is 23.7. The van der Waals surface area contributed by atoms with Gasteiger partial charge in [-0.25, -0.2) is 0 Å². The number of carboxylic acids is 1. The van der Waals surface area contributed by atoms with Crippen molar-refractivity contribution in [2.24, 2.45) is 0 Å². The molecule has 0 aliphatic carbocycles. The fraction of sp³-hybridized carbons (Fsp3) is 0.333. The quantitative estimate of drug-likeness (QED) is 0.0598. The number of ether oxygens (including phenoxy) is 2. The Balaban J connectivity index is 0.00000209. The zero-order valence-electron chi connectivity index (χ0n) is 28.4. The van der Waals surface area contributed by atoms with Crippen LogP contribution in [0.25, 0.3) is 11.1 Å². The second kappa shape index (κ2) is 21.1. The maximum Gasteiger partial charge on any atom is 0.303 e. The molecule has 8 nitrogen and oxygen atoms in total. The highest BCUT2D eigenvalue weighted by molar-refractivity contribution is 6.32.